The number of fused-ring (bicyclic) bond motifs is 1. The molecule has 0 aliphatic carbocycles. The highest BCUT2D eigenvalue weighted by Gasteiger charge is 2.34. The number of aryl methyl sites for hydroxylation is 1. The largest absolute Gasteiger partial charge is 0.328 e. The summed E-state index contributed by atoms with van der Waals surface area (Å²) in [7, 11) is 4.15. The van der Waals surface area contributed by atoms with Gasteiger partial charge in [-0.3, -0.25) is 4.79 Å². The van der Waals surface area contributed by atoms with Gasteiger partial charge in [0.15, 0.2) is 0 Å². The minimum atomic E-state index is -0.297. The van der Waals surface area contributed by atoms with E-state index in [2.05, 4.69) is 29.6 Å². The molecule has 1 aliphatic rings. The van der Waals surface area contributed by atoms with Crippen molar-refractivity contribution in [2.45, 2.75) is 25.3 Å². The van der Waals surface area contributed by atoms with Crippen LogP contribution in [-0.2, 0) is 11.3 Å². The van der Waals surface area contributed by atoms with Crippen molar-refractivity contribution < 1.29 is 9.18 Å². The summed E-state index contributed by atoms with van der Waals surface area (Å²) in [5.41, 5.74) is 2.82. The minimum Gasteiger partial charge on any atom is -0.328 e. The van der Waals surface area contributed by atoms with Gasteiger partial charge in [-0.05, 0) is 63.5 Å². The van der Waals surface area contributed by atoms with Crippen LogP contribution in [0.1, 0.15) is 24.6 Å². The van der Waals surface area contributed by atoms with Crippen molar-refractivity contribution >= 4 is 22.6 Å². The van der Waals surface area contributed by atoms with Crippen LogP contribution < -0.4 is 4.90 Å². The lowest BCUT2D eigenvalue weighted by molar-refractivity contribution is -0.117. The molecule has 1 unspecified atom stereocenters. The zero-order chi connectivity index (χ0) is 19.7. The number of para-hydroxylation sites is 2. The third-order valence-electron chi connectivity index (χ3n) is 5.30. The summed E-state index contributed by atoms with van der Waals surface area (Å²) in [5, 5.41) is 0. The first kappa shape index (κ1) is 18.6. The van der Waals surface area contributed by atoms with E-state index in [1.807, 2.05) is 18.2 Å². The van der Waals surface area contributed by atoms with Gasteiger partial charge in [0.05, 0.1) is 11.0 Å². The molecule has 0 spiro atoms. The van der Waals surface area contributed by atoms with Crippen LogP contribution in [0.25, 0.3) is 11.0 Å². The number of rotatable bonds is 6. The molecule has 1 fully saturated rings. The van der Waals surface area contributed by atoms with Crippen LogP contribution in [0.15, 0.2) is 48.5 Å². The molecule has 0 bridgehead atoms. The lowest BCUT2D eigenvalue weighted by atomic mass is 10.1. The third kappa shape index (κ3) is 3.64. The average Bonchev–Trinajstić information content (AvgIpc) is 3.23. The van der Waals surface area contributed by atoms with Crippen molar-refractivity contribution in [3.05, 3.63) is 60.2 Å². The van der Waals surface area contributed by atoms with Crippen LogP contribution in [0.3, 0.4) is 0 Å². The number of anilines is 1. The number of carbonyl (C=O) groups excluding carboxylic acids is 1. The van der Waals surface area contributed by atoms with E-state index in [9.17, 15) is 9.18 Å². The van der Waals surface area contributed by atoms with Crippen molar-refractivity contribution in [2.24, 2.45) is 0 Å². The first-order valence-corrected chi connectivity index (χ1v) is 9.69. The van der Waals surface area contributed by atoms with Crippen molar-refractivity contribution in [3.8, 4) is 0 Å². The highest BCUT2D eigenvalue weighted by Crippen LogP contribution is 2.33. The van der Waals surface area contributed by atoms with Crippen molar-refractivity contribution in [1.82, 2.24) is 14.5 Å². The molecule has 1 aromatic heterocycles. The molecule has 4 rings (SSSR count). The summed E-state index contributed by atoms with van der Waals surface area (Å²) in [4.78, 5) is 21.5. The van der Waals surface area contributed by atoms with E-state index in [4.69, 9.17) is 4.98 Å². The first-order valence-electron chi connectivity index (χ1n) is 9.69. The van der Waals surface area contributed by atoms with E-state index in [-0.39, 0.29) is 17.6 Å². The zero-order valence-electron chi connectivity index (χ0n) is 16.3. The second-order valence-corrected chi connectivity index (χ2v) is 7.65. The molecular formula is C22H25FN4O. The number of imidazole rings is 1. The number of benzene rings is 2. The van der Waals surface area contributed by atoms with Gasteiger partial charge in [0.2, 0.25) is 5.91 Å². The molecule has 1 atom stereocenters. The Morgan fingerprint density at radius 3 is 2.64 bits per heavy atom. The van der Waals surface area contributed by atoms with Crippen LogP contribution in [0.2, 0.25) is 0 Å². The van der Waals surface area contributed by atoms with Gasteiger partial charge < -0.3 is 14.4 Å². The minimum absolute atomic E-state index is 0.0318. The molecular weight excluding hydrogens is 355 g/mol. The van der Waals surface area contributed by atoms with Gasteiger partial charge >= 0.3 is 0 Å². The molecule has 1 aliphatic heterocycles. The molecule has 1 saturated heterocycles. The summed E-state index contributed by atoms with van der Waals surface area (Å²) in [6.45, 7) is 2.44. The monoisotopic (exact) mass is 380 g/mol. The second kappa shape index (κ2) is 7.72. The van der Waals surface area contributed by atoms with E-state index in [0.29, 0.717) is 13.0 Å². The summed E-state index contributed by atoms with van der Waals surface area (Å²) in [5.74, 6) is 0.764. The Morgan fingerprint density at radius 2 is 1.89 bits per heavy atom. The predicted octanol–water partition coefficient (Wildman–Crippen LogP) is 3.65. The van der Waals surface area contributed by atoms with E-state index in [0.717, 1.165) is 42.1 Å². The molecule has 2 aromatic carbocycles. The average molecular weight is 380 g/mol. The number of aromatic nitrogens is 2. The standard InChI is InChI=1S/C22H25FN4O/c1-25(2)12-5-13-26-20-7-4-3-6-19(20)24-22(26)16-14-21(28)27(15-16)18-10-8-17(23)9-11-18/h3-4,6-11,16H,5,12-15H2,1-2H3. The lowest BCUT2D eigenvalue weighted by Gasteiger charge is -2.18. The first-order chi connectivity index (χ1) is 13.5. The summed E-state index contributed by atoms with van der Waals surface area (Å²) in [6, 6.07) is 14.3. The maximum Gasteiger partial charge on any atom is 0.227 e. The van der Waals surface area contributed by atoms with E-state index >= 15 is 0 Å². The van der Waals surface area contributed by atoms with Gasteiger partial charge in [0.25, 0.3) is 0 Å². The van der Waals surface area contributed by atoms with Gasteiger partial charge in [0, 0.05) is 31.1 Å². The highest BCUT2D eigenvalue weighted by atomic mass is 19.1. The third-order valence-corrected chi connectivity index (χ3v) is 5.30. The van der Waals surface area contributed by atoms with Crippen LogP contribution >= 0.6 is 0 Å². The van der Waals surface area contributed by atoms with Crippen LogP contribution in [0, 0.1) is 5.82 Å². The molecule has 1 amide bonds. The smallest absolute Gasteiger partial charge is 0.227 e. The molecule has 5 nitrogen and oxygen atoms in total. The van der Waals surface area contributed by atoms with Gasteiger partial charge in [-0.25, -0.2) is 9.37 Å². The Labute approximate surface area is 164 Å². The van der Waals surface area contributed by atoms with Crippen molar-refractivity contribution in [3.63, 3.8) is 0 Å². The molecule has 0 saturated carbocycles. The van der Waals surface area contributed by atoms with Gasteiger partial charge in [0.1, 0.15) is 11.6 Å². The van der Waals surface area contributed by atoms with Crippen molar-refractivity contribution in [1.29, 1.82) is 0 Å². The van der Waals surface area contributed by atoms with Crippen LogP contribution in [-0.4, -0.2) is 47.5 Å². The Balaban J connectivity index is 1.63. The zero-order valence-corrected chi connectivity index (χ0v) is 16.3. The van der Waals surface area contributed by atoms with Crippen LogP contribution in [0.5, 0.6) is 0 Å². The maximum atomic E-state index is 13.2. The number of nitrogens with zero attached hydrogens (tertiary/aromatic N) is 4. The highest BCUT2D eigenvalue weighted by molar-refractivity contribution is 5.96. The summed E-state index contributed by atoms with van der Waals surface area (Å²) < 4.78 is 15.5. The van der Waals surface area contributed by atoms with E-state index in [1.54, 1.807) is 17.0 Å². The van der Waals surface area contributed by atoms with Crippen LogP contribution in [0.4, 0.5) is 10.1 Å². The predicted molar refractivity (Wildman–Crippen MR) is 109 cm³/mol. The molecule has 0 N–H and O–H groups in total. The Morgan fingerprint density at radius 1 is 1.14 bits per heavy atom. The summed E-state index contributed by atoms with van der Waals surface area (Å²) in [6.07, 6.45) is 1.44. The number of hydrogen-bond acceptors (Lipinski definition) is 3. The Hall–Kier alpha value is -2.73. The second-order valence-electron chi connectivity index (χ2n) is 7.65. The van der Waals surface area contributed by atoms with E-state index in [1.165, 1.54) is 12.1 Å². The van der Waals surface area contributed by atoms with Gasteiger partial charge in [-0.1, -0.05) is 12.1 Å². The van der Waals surface area contributed by atoms with Gasteiger partial charge in [-0.2, -0.15) is 0 Å². The number of amides is 1. The fraction of sp³-hybridized carbons (Fsp3) is 0.364. The SMILES string of the molecule is CN(C)CCCn1c(C2CC(=O)N(c3ccc(F)cc3)C2)nc2ccccc21. The normalized spacial score (nSPS) is 17.2. The Kier molecular flexibility index (Phi) is 5.13. The molecule has 146 valence electrons. The molecule has 3 aromatic rings. The van der Waals surface area contributed by atoms with Gasteiger partial charge in [-0.15, -0.1) is 0 Å². The lowest BCUT2D eigenvalue weighted by Crippen LogP contribution is -2.24. The molecule has 2 heterocycles. The number of hydrogen-bond donors (Lipinski definition) is 0. The quantitative estimate of drug-likeness (QED) is 0.656. The van der Waals surface area contributed by atoms with Crippen molar-refractivity contribution in [2.75, 3.05) is 32.1 Å². The Bertz CT molecular complexity index is 980. The fourth-order valence-corrected chi connectivity index (χ4v) is 3.94. The summed E-state index contributed by atoms with van der Waals surface area (Å²) >= 11 is 0. The number of halogens is 1. The van der Waals surface area contributed by atoms with E-state index < -0.39 is 0 Å². The maximum absolute atomic E-state index is 13.2. The topological polar surface area (TPSA) is 41.4 Å². The fourth-order valence-electron chi connectivity index (χ4n) is 3.94. The molecule has 28 heavy (non-hydrogen) atoms. The number of carbonyl (C=O) groups is 1. The molecule has 6 heteroatoms. The molecule has 0 radical (unpaired) electrons.